The average Bonchev–Trinajstić information content (AvgIpc) is 2.88. The molecule has 1 amide bonds. The first kappa shape index (κ1) is 14.9. The summed E-state index contributed by atoms with van der Waals surface area (Å²) in [5.41, 5.74) is 1.02. The standard InChI is InChI=1S/C15H23N3O2S/c1-12-16-13(10-21-12)9-14(19)18-6-5-17(2)15(11-18)3-7-20-8-4-15/h10H,3-9,11H2,1-2H3. The molecule has 0 radical (unpaired) electrons. The molecule has 3 rings (SSSR count). The van der Waals surface area contributed by atoms with Crippen molar-refractivity contribution >= 4 is 17.2 Å². The Hall–Kier alpha value is -0.980. The molecule has 3 heterocycles. The predicted molar refractivity (Wildman–Crippen MR) is 82.5 cm³/mol. The molecule has 2 saturated heterocycles. The molecular weight excluding hydrogens is 286 g/mol. The number of aryl methyl sites for hydroxylation is 1. The number of hydrogen-bond acceptors (Lipinski definition) is 5. The average molecular weight is 309 g/mol. The van der Waals surface area contributed by atoms with Gasteiger partial charge in [-0.25, -0.2) is 4.98 Å². The minimum atomic E-state index is 0.115. The first-order valence-corrected chi connectivity index (χ1v) is 8.45. The number of thiazole rings is 1. The zero-order valence-electron chi connectivity index (χ0n) is 12.8. The van der Waals surface area contributed by atoms with Gasteiger partial charge in [-0.3, -0.25) is 9.69 Å². The zero-order valence-corrected chi connectivity index (χ0v) is 13.6. The molecule has 0 saturated carbocycles. The molecule has 0 atom stereocenters. The van der Waals surface area contributed by atoms with Gasteiger partial charge in [0.05, 0.1) is 17.1 Å². The van der Waals surface area contributed by atoms with Crippen LogP contribution < -0.4 is 0 Å². The topological polar surface area (TPSA) is 45.7 Å². The lowest BCUT2D eigenvalue weighted by atomic mass is 9.86. The summed E-state index contributed by atoms with van der Waals surface area (Å²) in [5, 5.41) is 3.02. The van der Waals surface area contributed by atoms with Crippen LogP contribution in [0.2, 0.25) is 0 Å². The van der Waals surface area contributed by atoms with E-state index in [1.807, 2.05) is 17.2 Å². The Morgan fingerprint density at radius 1 is 1.43 bits per heavy atom. The molecule has 2 aliphatic heterocycles. The molecule has 1 aromatic rings. The monoisotopic (exact) mass is 309 g/mol. The number of aromatic nitrogens is 1. The fourth-order valence-corrected chi connectivity index (χ4v) is 3.94. The lowest BCUT2D eigenvalue weighted by molar-refractivity contribution is -0.139. The van der Waals surface area contributed by atoms with Crippen molar-refractivity contribution in [1.82, 2.24) is 14.8 Å². The second-order valence-electron chi connectivity index (χ2n) is 6.11. The Morgan fingerprint density at radius 2 is 2.19 bits per heavy atom. The number of ether oxygens (including phenoxy) is 1. The fourth-order valence-electron chi connectivity index (χ4n) is 3.32. The number of likely N-dealkylation sites (N-methyl/N-ethyl adjacent to an activating group) is 1. The van der Waals surface area contributed by atoms with E-state index in [2.05, 4.69) is 16.9 Å². The third-order valence-corrected chi connectivity index (χ3v) is 5.60. The Labute approximate surface area is 129 Å². The zero-order chi connectivity index (χ0) is 14.9. The van der Waals surface area contributed by atoms with E-state index in [0.29, 0.717) is 6.42 Å². The summed E-state index contributed by atoms with van der Waals surface area (Å²) in [4.78, 5) is 21.4. The molecule has 1 aromatic heterocycles. The predicted octanol–water partition coefficient (Wildman–Crippen LogP) is 1.32. The van der Waals surface area contributed by atoms with Gasteiger partial charge in [-0.1, -0.05) is 0 Å². The molecular formula is C15H23N3O2S. The maximum absolute atomic E-state index is 12.6. The lowest BCUT2D eigenvalue weighted by Gasteiger charge is -2.51. The van der Waals surface area contributed by atoms with Crippen LogP contribution in [0, 0.1) is 6.92 Å². The van der Waals surface area contributed by atoms with Crippen molar-refractivity contribution in [3.8, 4) is 0 Å². The molecule has 6 heteroatoms. The van der Waals surface area contributed by atoms with Gasteiger partial charge in [0.2, 0.25) is 5.91 Å². The number of carbonyl (C=O) groups is 1. The second kappa shape index (κ2) is 6.02. The van der Waals surface area contributed by atoms with E-state index in [0.717, 1.165) is 56.4 Å². The first-order valence-electron chi connectivity index (χ1n) is 7.57. The Bertz CT molecular complexity index is 511. The van der Waals surface area contributed by atoms with Crippen molar-refractivity contribution in [3.05, 3.63) is 16.1 Å². The van der Waals surface area contributed by atoms with Crippen LogP contribution in [0.15, 0.2) is 5.38 Å². The number of piperazine rings is 1. The lowest BCUT2D eigenvalue weighted by Crippen LogP contribution is -2.63. The van der Waals surface area contributed by atoms with Crippen molar-refractivity contribution in [2.45, 2.75) is 31.7 Å². The summed E-state index contributed by atoms with van der Waals surface area (Å²) in [6.45, 7) is 6.18. The highest BCUT2D eigenvalue weighted by Gasteiger charge is 2.42. The molecule has 0 N–H and O–H groups in total. The number of amides is 1. The highest BCUT2D eigenvalue weighted by molar-refractivity contribution is 7.09. The molecule has 21 heavy (non-hydrogen) atoms. The van der Waals surface area contributed by atoms with Crippen LogP contribution in [-0.2, 0) is 16.0 Å². The highest BCUT2D eigenvalue weighted by atomic mass is 32.1. The summed E-state index contributed by atoms with van der Waals surface area (Å²) in [7, 11) is 2.18. The summed E-state index contributed by atoms with van der Waals surface area (Å²) < 4.78 is 5.50. The van der Waals surface area contributed by atoms with E-state index in [1.54, 1.807) is 11.3 Å². The number of rotatable bonds is 2. The molecule has 0 bridgehead atoms. The Balaban J connectivity index is 1.66. The summed E-state index contributed by atoms with van der Waals surface area (Å²) in [6, 6.07) is 0. The van der Waals surface area contributed by atoms with Crippen LogP contribution in [0.1, 0.15) is 23.5 Å². The van der Waals surface area contributed by atoms with Gasteiger partial charge >= 0.3 is 0 Å². The van der Waals surface area contributed by atoms with Gasteiger partial charge in [-0.05, 0) is 26.8 Å². The normalized spacial score (nSPS) is 22.7. The minimum absolute atomic E-state index is 0.115. The summed E-state index contributed by atoms with van der Waals surface area (Å²) in [5.74, 6) is 0.208. The molecule has 0 aromatic carbocycles. The molecule has 116 valence electrons. The van der Waals surface area contributed by atoms with Crippen molar-refractivity contribution in [1.29, 1.82) is 0 Å². The van der Waals surface area contributed by atoms with Crippen molar-refractivity contribution in [2.75, 3.05) is 39.9 Å². The summed E-state index contributed by atoms with van der Waals surface area (Å²) >= 11 is 1.61. The number of nitrogens with zero attached hydrogens (tertiary/aromatic N) is 3. The van der Waals surface area contributed by atoms with Crippen molar-refractivity contribution in [2.24, 2.45) is 0 Å². The van der Waals surface area contributed by atoms with E-state index in [4.69, 9.17) is 4.74 Å². The minimum Gasteiger partial charge on any atom is -0.381 e. The Kier molecular flexibility index (Phi) is 4.28. The van der Waals surface area contributed by atoms with Gasteiger partial charge in [0, 0.05) is 43.8 Å². The van der Waals surface area contributed by atoms with Crippen LogP contribution in [0.25, 0.3) is 0 Å². The van der Waals surface area contributed by atoms with E-state index in [1.165, 1.54) is 0 Å². The van der Waals surface area contributed by atoms with Gasteiger partial charge in [-0.2, -0.15) is 0 Å². The molecule has 2 aliphatic rings. The first-order chi connectivity index (χ1) is 10.1. The van der Waals surface area contributed by atoms with Gasteiger partial charge in [0.1, 0.15) is 0 Å². The van der Waals surface area contributed by atoms with Gasteiger partial charge in [-0.15, -0.1) is 11.3 Å². The maximum Gasteiger partial charge on any atom is 0.228 e. The SMILES string of the molecule is Cc1nc(CC(=O)N2CCN(C)C3(CCOCC3)C2)cs1. The third-order valence-electron chi connectivity index (χ3n) is 4.78. The van der Waals surface area contributed by atoms with Gasteiger partial charge in [0.15, 0.2) is 0 Å². The molecule has 0 unspecified atom stereocenters. The second-order valence-corrected chi connectivity index (χ2v) is 7.17. The molecule has 2 fully saturated rings. The molecule has 0 aliphatic carbocycles. The maximum atomic E-state index is 12.6. The van der Waals surface area contributed by atoms with E-state index < -0.39 is 0 Å². The van der Waals surface area contributed by atoms with E-state index >= 15 is 0 Å². The third kappa shape index (κ3) is 3.12. The van der Waals surface area contributed by atoms with Crippen LogP contribution in [0.5, 0.6) is 0 Å². The molecule has 1 spiro atoms. The molecule has 5 nitrogen and oxygen atoms in total. The van der Waals surface area contributed by atoms with Gasteiger partial charge < -0.3 is 9.64 Å². The van der Waals surface area contributed by atoms with Crippen molar-refractivity contribution in [3.63, 3.8) is 0 Å². The van der Waals surface area contributed by atoms with Crippen LogP contribution >= 0.6 is 11.3 Å². The van der Waals surface area contributed by atoms with Crippen LogP contribution in [-0.4, -0.2) is 66.1 Å². The van der Waals surface area contributed by atoms with E-state index in [9.17, 15) is 4.79 Å². The Morgan fingerprint density at radius 3 is 2.86 bits per heavy atom. The fraction of sp³-hybridized carbons (Fsp3) is 0.733. The van der Waals surface area contributed by atoms with E-state index in [-0.39, 0.29) is 11.4 Å². The smallest absolute Gasteiger partial charge is 0.228 e. The quantitative estimate of drug-likeness (QED) is 0.826. The highest BCUT2D eigenvalue weighted by Crippen LogP contribution is 2.30. The summed E-state index contributed by atoms with van der Waals surface area (Å²) in [6.07, 6.45) is 2.47. The van der Waals surface area contributed by atoms with Crippen LogP contribution in [0.4, 0.5) is 0 Å². The van der Waals surface area contributed by atoms with Crippen LogP contribution in [0.3, 0.4) is 0 Å². The number of carbonyl (C=O) groups excluding carboxylic acids is 1. The number of hydrogen-bond donors (Lipinski definition) is 0. The largest absolute Gasteiger partial charge is 0.381 e. The van der Waals surface area contributed by atoms with Gasteiger partial charge in [0.25, 0.3) is 0 Å². The van der Waals surface area contributed by atoms with Crippen molar-refractivity contribution < 1.29 is 9.53 Å².